The van der Waals surface area contributed by atoms with E-state index in [1.165, 1.54) is 36.8 Å². The standard InChI is InChI=1S/C14H9BF3N3/c16-11-9-19-6-5-10(11)14-12-3-1-7-20(12)15(17,18)21-8-2-4-13(14)21/h1-9H. The lowest BCUT2D eigenvalue weighted by atomic mass is 9.86. The van der Waals surface area contributed by atoms with Gasteiger partial charge in [-0.3, -0.25) is 4.98 Å². The zero-order chi connectivity index (χ0) is 14.6. The summed E-state index contributed by atoms with van der Waals surface area (Å²) in [6, 6.07) is 4.60. The molecule has 0 radical (unpaired) electrons. The van der Waals surface area contributed by atoms with Crippen molar-refractivity contribution in [1.82, 2.24) is 9.46 Å². The van der Waals surface area contributed by atoms with E-state index in [2.05, 4.69) is 4.98 Å². The van der Waals surface area contributed by atoms with Crippen molar-refractivity contribution in [2.24, 2.45) is 0 Å². The molecule has 0 N–H and O–H groups in total. The SMILES string of the molecule is Fc1cnccc1C1=C2C=CC=[N+]2[B-](F)(F)n2cccc21. The zero-order valence-corrected chi connectivity index (χ0v) is 10.7. The number of halogens is 3. The summed E-state index contributed by atoms with van der Waals surface area (Å²) in [6.07, 6.45) is 8.28. The van der Waals surface area contributed by atoms with Crippen LogP contribution in [0, 0.1) is 5.82 Å². The van der Waals surface area contributed by atoms with Crippen molar-refractivity contribution < 1.29 is 17.5 Å². The van der Waals surface area contributed by atoms with Crippen molar-refractivity contribution in [2.75, 3.05) is 0 Å². The van der Waals surface area contributed by atoms with Gasteiger partial charge in [-0.2, -0.15) is 0 Å². The predicted molar refractivity (Wildman–Crippen MR) is 73.5 cm³/mol. The molecule has 0 aromatic carbocycles. The number of nitrogens with zero attached hydrogens (tertiary/aromatic N) is 3. The molecule has 0 unspecified atom stereocenters. The van der Waals surface area contributed by atoms with Crippen LogP contribution in [0.15, 0.2) is 54.6 Å². The van der Waals surface area contributed by atoms with Crippen molar-refractivity contribution in [3.63, 3.8) is 0 Å². The maximum absolute atomic E-state index is 14.5. The van der Waals surface area contributed by atoms with Crippen LogP contribution in [0.2, 0.25) is 0 Å². The molecule has 2 aromatic heterocycles. The lowest BCUT2D eigenvalue weighted by Gasteiger charge is -2.30. The fraction of sp³-hybridized carbons (Fsp3) is 0. The maximum atomic E-state index is 14.5. The lowest BCUT2D eigenvalue weighted by molar-refractivity contribution is -0.356. The molecular weight excluding hydrogens is 278 g/mol. The van der Waals surface area contributed by atoms with Crippen LogP contribution in [0.4, 0.5) is 13.0 Å². The Morgan fingerprint density at radius 2 is 2.10 bits per heavy atom. The topological polar surface area (TPSA) is 20.8 Å². The third-order valence-electron chi connectivity index (χ3n) is 3.78. The van der Waals surface area contributed by atoms with E-state index in [9.17, 15) is 13.0 Å². The van der Waals surface area contributed by atoms with Gasteiger partial charge < -0.3 is 17.6 Å². The summed E-state index contributed by atoms with van der Waals surface area (Å²) in [4.78, 5) is 3.71. The van der Waals surface area contributed by atoms with Crippen LogP contribution in [0.1, 0.15) is 11.3 Å². The fourth-order valence-electron chi connectivity index (χ4n) is 2.87. The van der Waals surface area contributed by atoms with Gasteiger partial charge in [-0.15, -0.1) is 0 Å². The minimum atomic E-state index is -3.95. The highest BCUT2D eigenvalue weighted by atomic mass is 19.2. The van der Waals surface area contributed by atoms with Gasteiger partial charge in [0.2, 0.25) is 0 Å². The van der Waals surface area contributed by atoms with Crippen LogP contribution in [-0.4, -0.2) is 27.1 Å². The van der Waals surface area contributed by atoms with Gasteiger partial charge in [0.1, 0.15) is 12.0 Å². The van der Waals surface area contributed by atoms with Crippen molar-refractivity contribution >= 4 is 18.8 Å². The Labute approximate surface area is 118 Å². The van der Waals surface area contributed by atoms with Gasteiger partial charge in [-0.25, -0.2) is 4.39 Å². The second kappa shape index (κ2) is 3.97. The fourth-order valence-corrected chi connectivity index (χ4v) is 2.87. The van der Waals surface area contributed by atoms with E-state index in [0.29, 0.717) is 17.0 Å². The van der Waals surface area contributed by atoms with Gasteiger partial charge in [-0.05, 0) is 24.4 Å². The summed E-state index contributed by atoms with van der Waals surface area (Å²) in [6.45, 7) is -3.95. The molecule has 0 spiro atoms. The molecular formula is C14H9BF3N3. The van der Waals surface area contributed by atoms with Crippen LogP contribution in [0.25, 0.3) is 5.57 Å². The summed E-state index contributed by atoms with van der Waals surface area (Å²) in [5.41, 5.74) is 1.31. The Kier molecular flexibility index (Phi) is 2.31. The highest BCUT2D eigenvalue weighted by molar-refractivity contribution is 6.57. The van der Waals surface area contributed by atoms with E-state index in [1.54, 1.807) is 12.1 Å². The molecule has 7 heteroatoms. The molecule has 0 atom stereocenters. The first-order valence-corrected chi connectivity index (χ1v) is 6.44. The van der Waals surface area contributed by atoms with Crippen LogP contribution >= 0.6 is 0 Å². The van der Waals surface area contributed by atoms with Gasteiger partial charge >= 0.3 is 6.97 Å². The van der Waals surface area contributed by atoms with E-state index >= 15 is 0 Å². The summed E-state index contributed by atoms with van der Waals surface area (Å²) in [7, 11) is 0. The average molecular weight is 287 g/mol. The summed E-state index contributed by atoms with van der Waals surface area (Å²) in [5, 5.41) is 0. The number of allylic oxidation sites excluding steroid dienone is 2. The summed E-state index contributed by atoms with van der Waals surface area (Å²) < 4.78 is 44.9. The minimum absolute atomic E-state index is 0.260. The zero-order valence-electron chi connectivity index (χ0n) is 10.7. The molecule has 0 saturated heterocycles. The van der Waals surface area contributed by atoms with Crippen LogP contribution in [-0.2, 0) is 0 Å². The third-order valence-corrected chi connectivity index (χ3v) is 3.78. The summed E-state index contributed by atoms with van der Waals surface area (Å²) >= 11 is 0. The van der Waals surface area contributed by atoms with E-state index < -0.39 is 12.8 Å². The first-order valence-electron chi connectivity index (χ1n) is 6.44. The van der Waals surface area contributed by atoms with E-state index in [0.717, 1.165) is 15.2 Å². The molecule has 0 fully saturated rings. The van der Waals surface area contributed by atoms with Gasteiger partial charge in [0.05, 0.1) is 11.8 Å². The number of hydrogen-bond donors (Lipinski definition) is 0. The van der Waals surface area contributed by atoms with Gasteiger partial charge in [0.15, 0.2) is 5.70 Å². The monoisotopic (exact) mass is 287 g/mol. The Balaban J connectivity index is 2.09. The molecule has 0 aliphatic carbocycles. The predicted octanol–water partition coefficient (Wildman–Crippen LogP) is 2.67. The quantitative estimate of drug-likeness (QED) is 0.739. The van der Waals surface area contributed by atoms with Crippen LogP contribution < -0.4 is 0 Å². The van der Waals surface area contributed by atoms with E-state index in [4.69, 9.17) is 0 Å². The lowest BCUT2D eigenvalue weighted by Crippen LogP contribution is -2.49. The van der Waals surface area contributed by atoms with Crippen molar-refractivity contribution in [1.29, 1.82) is 0 Å². The molecule has 3 nitrogen and oxygen atoms in total. The van der Waals surface area contributed by atoms with Crippen LogP contribution in [0.5, 0.6) is 0 Å². The van der Waals surface area contributed by atoms with E-state index in [-0.39, 0.29) is 5.56 Å². The normalized spacial score (nSPS) is 18.5. The molecule has 2 aliphatic heterocycles. The highest BCUT2D eigenvalue weighted by Gasteiger charge is 2.51. The number of fused-ring (bicyclic) bond motifs is 2. The number of rotatable bonds is 1. The van der Waals surface area contributed by atoms with Gasteiger partial charge in [0, 0.05) is 29.6 Å². The highest BCUT2D eigenvalue weighted by Crippen LogP contribution is 2.38. The number of pyridine rings is 1. The molecule has 0 saturated carbocycles. The van der Waals surface area contributed by atoms with Crippen molar-refractivity contribution in [2.45, 2.75) is 0 Å². The number of aromatic nitrogens is 2. The molecule has 0 bridgehead atoms. The largest absolute Gasteiger partial charge is 0.737 e. The van der Waals surface area contributed by atoms with E-state index in [1.807, 2.05) is 0 Å². The summed E-state index contributed by atoms with van der Waals surface area (Å²) in [5.74, 6) is -0.536. The van der Waals surface area contributed by atoms with Gasteiger partial charge in [-0.1, -0.05) is 0 Å². The molecule has 2 aliphatic rings. The Hall–Kier alpha value is -2.57. The molecule has 2 aromatic rings. The first kappa shape index (κ1) is 12.2. The molecule has 21 heavy (non-hydrogen) atoms. The Morgan fingerprint density at radius 1 is 1.24 bits per heavy atom. The number of hydrogen-bond acceptors (Lipinski definition) is 1. The molecule has 4 heterocycles. The second-order valence-corrected chi connectivity index (χ2v) is 4.92. The third kappa shape index (κ3) is 1.51. The Bertz CT molecular complexity index is 849. The second-order valence-electron chi connectivity index (χ2n) is 4.92. The van der Waals surface area contributed by atoms with Crippen LogP contribution in [0.3, 0.4) is 0 Å². The van der Waals surface area contributed by atoms with Crippen molar-refractivity contribution in [3.05, 3.63) is 71.7 Å². The first-order chi connectivity index (χ1) is 10.1. The minimum Gasteiger partial charge on any atom is -0.396 e. The molecule has 104 valence electrons. The Morgan fingerprint density at radius 3 is 2.90 bits per heavy atom. The average Bonchev–Trinajstić information content (AvgIpc) is 3.10. The van der Waals surface area contributed by atoms with Gasteiger partial charge in [0.25, 0.3) is 0 Å². The smallest absolute Gasteiger partial charge is 0.396 e. The molecule has 4 rings (SSSR count). The van der Waals surface area contributed by atoms with Crippen molar-refractivity contribution in [3.8, 4) is 0 Å². The molecule has 0 amide bonds. The maximum Gasteiger partial charge on any atom is 0.737 e.